The van der Waals surface area contributed by atoms with Gasteiger partial charge in [-0.25, -0.2) is 0 Å². The van der Waals surface area contributed by atoms with Gasteiger partial charge in [-0.05, 0) is 54.9 Å². The van der Waals surface area contributed by atoms with E-state index in [0.717, 1.165) is 6.54 Å². The fraction of sp³-hybridized carbons (Fsp3) is 0.692. The monoisotopic (exact) mass is 316 g/mol. The summed E-state index contributed by atoms with van der Waals surface area (Å²) in [5.41, 5.74) is 0. The van der Waals surface area contributed by atoms with E-state index in [9.17, 15) is 0 Å². The van der Waals surface area contributed by atoms with E-state index in [0.29, 0.717) is 6.04 Å². The number of piperidine rings is 1. The normalized spacial score (nSPS) is 19.4. The molecule has 1 saturated heterocycles. The summed E-state index contributed by atoms with van der Waals surface area (Å²) in [4.78, 5) is 3.99. The largest absolute Gasteiger partial charge is 0.308 e. The van der Waals surface area contributed by atoms with Gasteiger partial charge in [-0.2, -0.15) is 0 Å². The van der Waals surface area contributed by atoms with Crippen LogP contribution in [0.5, 0.6) is 0 Å². The number of nitrogens with one attached hydrogen (secondary N) is 1. The van der Waals surface area contributed by atoms with Crippen LogP contribution in [0.1, 0.15) is 37.1 Å². The Morgan fingerprint density at radius 1 is 1.41 bits per heavy atom. The van der Waals surface area contributed by atoms with Crippen molar-refractivity contribution in [2.24, 2.45) is 0 Å². The summed E-state index contributed by atoms with van der Waals surface area (Å²) in [5.74, 6) is 0. The maximum atomic E-state index is 3.61. The van der Waals surface area contributed by atoms with Crippen molar-refractivity contribution in [3.05, 3.63) is 20.8 Å². The fourth-order valence-corrected chi connectivity index (χ4v) is 3.76. The Balaban J connectivity index is 1.67. The van der Waals surface area contributed by atoms with Gasteiger partial charge in [0.1, 0.15) is 0 Å². The van der Waals surface area contributed by atoms with E-state index in [-0.39, 0.29) is 0 Å². The van der Waals surface area contributed by atoms with Gasteiger partial charge in [0.15, 0.2) is 0 Å². The van der Waals surface area contributed by atoms with Gasteiger partial charge in [0.05, 0.1) is 0 Å². The fourth-order valence-electron chi connectivity index (χ4n) is 2.28. The van der Waals surface area contributed by atoms with E-state index < -0.39 is 0 Å². The van der Waals surface area contributed by atoms with Gasteiger partial charge in [-0.1, -0.05) is 6.42 Å². The average molecular weight is 317 g/mol. The van der Waals surface area contributed by atoms with E-state index >= 15 is 0 Å². The molecule has 0 saturated carbocycles. The first-order valence-corrected chi connectivity index (χ1v) is 8.12. The molecule has 0 radical (unpaired) electrons. The lowest BCUT2D eigenvalue weighted by atomic mass is 10.1. The second kappa shape index (κ2) is 6.88. The van der Waals surface area contributed by atoms with Gasteiger partial charge in [-0.3, -0.25) is 0 Å². The topological polar surface area (TPSA) is 15.3 Å². The maximum absolute atomic E-state index is 3.61. The SMILES string of the molecule is CC(NCCN1CCCCC1)c1cc(Br)cs1. The number of likely N-dealkylation sites (tertiary alicyclic amines) is 1. The lowest BCUT2D eigenvalue weighted by molar-refractivity contribution is 0.227. The summed E-state index contributed by atoms with van der Waals surface area (Å²) in [6.07, 6.45) is 4.18. The molecule has 1 atom stereocenters. The summed E-state index contributed by atoms with van der Waals surface area (Å²) in [5, 5.41) is 5.76. The van der Waals surface area contributed by atoms with E-state index in [4.69, 9.17) is 0 Å². The van der Waals surface area contributed by atoms with Crippen LogP contribution >= 0.6 is 27.3 Å². The number of hydrogen-bond donors (Lipinski definition) is 1. The zero-order chi connectivity index (χ0) is 12.1. The lowest BCUT2D eigenvalue weighted by Gasteiger charge is -2.27. The van der Waals surface area contributed by atoms with Crippen molar-refractivity contribution in [2.75, 3.05) is 26.2 Å². The van der Waals surface area contributed by atoms with Crippen molar-refractivity contribution < 1.29 is 0 Å². The van der Waals surface area contributed by atoms with Crippen LogP contribution in [0.25, 0.3) is 0 Å². The summed E-state index contributed by atoms with van der Waals surface area (Å²) in [6.45, 7) is 7.11. The molecule has 2 heterocycles. The highest BCUT2D eigenvalue weighted by Crippen LogP contribution is 2.25. The first-order valence-electron chi connectivity index (χ1n) is 6.45. The Morgan fingerprint density at radius 3 is 2.82 bits per heavy atom. The van der Waals surface area contributed by atoms with Crippen LogP contribution in [-0.4, -0.2) is 31.1 Å². The molecule has 4 heteroatoms. The molecule has 0 aliphatic carbocycles. The zero-order valence-corrected chi connectivity index (χ0v) is 12.8. The van der Waals surface area contributed by atoms with Crippen molar-refractivity contribution in [1.29, 1.82) is 0 Å². The minimum atomic E-state index is 0.469. The van der Waals surface area contributed by atoms with Crippen LogP contribution in [0.2, 0.25) is 0 Å². The molecular weight excluding hydrogens is 296 g/mol. The van der Waals surface area contributed by atoms with Crippen LogP contribution in [0.3, 0.4) is 0 Å². The minimum Gasteiger partial charge on any atom is -0.308 e. The van der Waals surface area contributed by atoms with Crippen LogP contribution in [0.15, 0.2) is 15.9 Å². The molecule has 1 aromatic heterocycles. The quantitative estimate of drug-likeness (QED) is 0.892. The first-order chi connectivity index (χ1) is 8.25. The summed E-state index contributed by atoms with van der Waals surface area (Å²) in [7, 11) is 0. The van der Waals surface area contributed by atoms with Crippen molar-refractivity contribution in [2.45, 2.75) is 32.2 Å². The molecule has 0 spiro atoms. The molecule has 2 rings (SSSR count). The molecular formula is C13H21BrN2S. The Bertz CT molecular complexity index is 334. The molecule has 2 nitrogen and oxygen atoms in total. The predicted octanol–water partition coefficient (Wildman–Crippen LogP) is 3.65. The van der Waals surface area contributed by atoms with Gasteiger partial charge in [0.25, 0.3) is 0 Å². The Hall–Kier alpha value is 0.1000. The van der Waals surface area contributed by atoms with Crippen molar-refractivity contribution in [1.82, 2.24) is 10.2 Å². The molecule has 1 aliphatic rings. The van der Waals surface area contributed by atoms with Gasteiger partial charge in [0, 0.05) is 33.9 Å². The standard InChI is InChI=1S/C13H21BrN2S/c1-11(13-9-12(14)10-17-13)15-5-8-16-6-3-2-4-7-16/h9-11,15H,2-8H2,1H3. The number of halogens is 1. The van der Waals surface area contributed by atoms with Gasteiger partial charge in [-0.15, -0.1) is 11.3 Å². The highest BCUT2D eigenvalue weighted by Gasteiger charge is 2.11. The molecule has 96 valence electrons. The Labute approximate surface area is 117 Å². The highest BCUT2D eigenvalue weighted by molar-refractivity contribution is 9.10. The molecule has 1 aliphatic heterocycles. The average Bonchev–Trinajstić information content (AvgIpc) is 2.77. The van der Waals surface area contributed by atoms with Crippen LogP contribution in [-0.2, 0) is 0 Å². The Kier molecular flexibility index (Phi) is 5.48. The second-order valence-corrected chi connectivity index (χ2v) is 6.60. The molecule has 0 bridgehead atoms. The smallest absolute Gasteiger partial charge is 0.0386 e. The summed E-state index contributed by atoms with van der Waals surface area (Å²) >= 11 is 5.33. The number of thiophene rings is 1. The van der Waals surface area contributed by atoms with Crippen molar-refractivity contribution in [3.63, 3.8) is 0 Å². The number of rotatable bonds is 5. The third-order valence-corrected chi connectivity index (χ3v) is 5.22. The van der Waals surface area contributed by atoms with Crippen molar-refractivity contribution >= 4 is 27.3 Å². The third-order valence-electron chi connectivity index (χ3n) is 3.34. The number of nitrogens with zero attached hydrogens (tertiary/aromatic N) is 1. The van der Waals surface area contributed by atoms with E-state index in [1.807, 2.05) is 11.3 Å². The Morgan fingerprint density at radius 2 is 2.18 bits per heavy atom. The van der Waals surface area contributed by atoms with Crippen LogP contribution < -0.4 is 5.32 Å². The first kappa shape index (κ1) is 13.5. The number of hydrogen-bond acceptors (Lipinski definition) is 3. The van der Waals surface area contributed by atoms with E-state index in [1.165, 1.54) is 48.2 Å². The molecule has 17 heavy (non-hydrogen) atoms. The molecule has 1 N–H and O–H groups in total. The maximum Gasteiger partial charge on any atom is 0.0386 e. The summed E-state index contributed by atoms with van der Waals surface area (Å²) < 4.78 is 1.20. The molecule has 1 aromatic rings. The molecule has 1 fully saturated rings. The minimum absolute atomic E-state index is 0.469. The van der Waals surface area contributed by atoms with Gasteiger partial charge >= 0.3 is 0 Å². The van der Waals surface area contributed by atoms with Gasteiger partial charge in [0.2, 0.25) is 0 Å². The molecule has 0 aromatic carbocycles. The van der Waals surface area contributed by atoms with Crippen molar-refractivity contribution in [3.8, 4) is 0 Å². The summed E-state index contributed by atoms with van der Waals surface area (Å²) in [6, 6.07) is 2.68. The van der Waals surface area contributed by atoms with E-state index in [2.05, 4.69) is 44.5 Å². The highest BCUT2D eigenvalue weighted by atomic mass is 79.9. The third kappa shape index (κ3) is 4.36. The second-order valence-electron chi connectivity index (χ2n) is 4.75. The van der Waals surface area contributed by atoms with Gasteiger partial charge < -0.3 is 10.2 Å². The predicted molar refractivity (Wildman–Crippen MR) is 78.7 cm³/mol. The zero-order valence-electron chi connectivity index (χ0n) is 10.4. The lowest BCUT2D eigenvalue weighted by Crippen LogP contribution is -2.36. The van der Waals surface area contributed by atoms with Crippen LogP contribution in [0.4, 0.5) is 0 Å². The van der Waals surface area contributed by atoms with E-state index in [1.54, 1.807) is 0 Å². The van der Waals surface area contributed by atoms with Crippen LogP contribution in [0, 0.1) is 0 Å². The molecule has 0 amide bonds. The molecule has 1 unspecified atom stereocenters.